The molecule has 1 amide bonds. The number of benzene rings is 1. The number of nitrogens with zero attached hydrogens (tertiary/aromatic N) is 2. The number of nitrogens with one attached hydrogen (secondary N) is 1. The van der Waals surface area contributed by atoms with Crippen LogP contribution in [-0.2, 0) is 11.3 Å². The van der Waals surface area contributed by atoms with Crippen molar-refractivity contribution < 1.29 is 4.79 Å². The van der Waals surface area contributed by atoms with Gasteiger partial charge in [-0.3, -0.25) is 9.80 Å². The van der Waals surface area contributed by atoms with E-state index in [0.717, 1.165) is 18.4 Å². The third kappa shape index (κ3) is 5.63. The molecule has 3 unspecified atom stereocenters. The van der Waals surface area contributed by atoms with Crippen molar-refractivity contribution in [3.05, 3.63) is 47.5 Å². The molecule has 0 aliphatic heterocycles. The molecule has 0 spiro atoms. The van der Waals surface area contributed by atoms with Crippen molar-refractivity contribution in [3.8, 4) is 0 Å². The molecular weight excluding hydrogens is 394 g/mol. The van der Waals surface area contributed by atoms with Gasteiger partial charge in [0.1, 0.15) is 0 Å². The van der Waals surface area contributed by atoms with E-state index in [2.05, 4.69) is 45.1 Å². The first kappa shape index (κ1) is 26.2. The fourth-order valence-electron chi connectivity index (χ4n) is 5.84. The molecule has 2 aliphatic rings. The zero-order valence-electron chi connectivity index (χ0n) is 21.7. The second-order valence-corrected chi connectivity index (χ2v) is 10.1. The van der Waals surface area contributed by atoms with Crippen LogP contribution >= 0.6 is 0 Å². The van der Waals surface area contributed by atoms with Gasteiger partial charge in [0.05, 0.1) is 6.54 Å². The molecule has 3 atom stereocenters. The monoisotopic (exact) mass is 439 g/mol. The maximum atomic E-state index is 13.6. The number of carbonyl (C=O) groups is 1. The van der Waals surface area contributed by atoms with Crippen LogP contribution in [-0.4, -0.2) is 29.7 Å². The Kier molecular flexibility index (Phi) is 9.12. The van der Waals surface area contributed by atoms with Crippen molar-refractivity contribution in [1.29, 1.82) is 0 Å². The van der Waals surface area contributed by atoms with Gasteiger partial charge in [0.2, 0.25) is 0 Å². The van der Waals surface area contributed by atoms with Gasteiger partial charge >= 0.3 is 0 Å². The van der Waals surface area contributed by atoms with Crippen molar-refractivity contribution >= 4 is 11.6 Å². The summed E-state index contributed by atoms with van der Waals surface area (Å²) in [5.74, 6) is 0.675. The highest BCUT2D eigenvalue weighted by Crippen LogP contribution is 2.62. The third-order valence-corrected chi connectivity index (χ3v) is 7.46. The van der Waals surface area contributed by atoms with E-state index in [0.29, 0.717) is 18.2 Å². The summed E-state index contributed by atoms with van der Waals surface area (Å²) in [4.78, 5) is 13.6. The Hall–Kier alpha value is -2.10. The van der Waals surface area contributed by atoms with Crippen LogP contribution in [0.25, 0.3) is 0 Å². The van der Waals surface area contributed by atoms with Gasteiger partial charge < -0.3 is 5.32 Å². The summed E-state index contributed by atoms with van der Waals surface area (Å²) in [5.41, 5.74) is 3.11. The molecular formula is C28H45N3O. The first-order valence-corrected chi connectivity index (χ1v) is 12.5. The molecule has 2 fully saturated rings. The summed E-state index contributed by atoms with van der Waals surface area (Å²) in [5, 5.41) is 10.1. The molecule has 1 aromatic rings. The quantitative estimate of drug-likeness (QED) is 0.367. The first-order valence-electron chi connectivity index (χ1n) is 12.5. The number of carbonyl (C=O) groups excluding carboxylic acids is 1. The van der Waals surface area contributed by atoms with E-state index in [1.54, 1.807) is 0 Å². The summed E-state index contributed by atoms with van der Waals surface area (Å²) < 4.78 is 0. The number of hydrogen-bond acceptors (Lipinski definition) is 3. The van der Waals surface area contributed by atoms with Crippen molar-refractivity contribution in [2.75, 3.05) is 7.05 Å². The van der Waals surface area contributed by atoms with Gasteiger partial charge in [-0.25, -0.2) is 0 Å². The Labute approximate surface area is 196 Å². The Morgan fingerprint density at radius 1 is 1.22 bits per heavy atom. The fourth-order valence-corrected chi connectivity index (χ4v) is 5.84. The normalized spacial score (nSPS) is 26.4. The van der Waals surface area contributed by atoms with Crippen LogP contribution in [0.15, 0.2) is 47.1 Å². The highest BCUT2D eigenvalue weighted by atomic mass is 16.2. The minimum absolute atomic E-state index is 0.0247. The van der Waals surface area contributed by atoms with Crippen LogP contribution in [0.5, 0.6) is 0 Å². The molecule has 2 aliphatic carbocycles. The number of rotatable bonds is 8. The fraction of sp³-hybridized carbons (Fsp3) is 0.643. The van der Waals surface area contributed by atoms with E-state index in [1.807, 2.05) is 57.1 Å². The lowest BCUT2D eigenvalue weighted by molar-refractivity contribution is -0.117. The Balaban J connectivity index is 0.00000176. The smallest absolute Gasteiger partial charge is 0.272 e. The van der Waals surface area contributed by atoms with Crippen molar-refractivity contribution in [2.45, 2.75) is 93.2 Å². The first-order chi connectivity index (χ1) is 15.2. The summed E-state index contributed by atoms with van der Waals surface area (Å²) in [6.45, 7) is 15.8. The maximum absolute atomic E-state index is 13.6. The van der Waals surface area contributed by atoms with Crippen molar-refractivity contribution in [2.24, 2.45) is 21.8 Å². The van der Waals surface area contributed by atoms with Gasteiger partial charge in [-0.05, 0) is 60.5 Å². The minimum Gasteiger partial charge on any atom is -0.347 e. The van der Waals surface area contributed by atoms with E-state index in [1.165, 1.54) is 24.8 Å². The lowest BCUT2D eigenvalue weighted by Gasteiger charge is -2.43. The molecule has 3 rings (SSSR count). The van der Waals surface area contributed by atoms with E-state index in [4.69, 9.17) is 5.10 Å². The van der Waals surface area contributed by atoms with Crippen molar-refractivity contribution in [3.63, 3.8) is 0 Å². The number of hydrogen-bond donors (Lipinski definition) is 1. The number of hydrazone groups is 1. The van der Waals surface area contributed by atoms with Gasteiger partial charge in [0.25, 0.3) is 5.91 Å². The molecule has 1 N–H and O–H groups in total. The molecule has 32 heavy (non-hydrogen) atoms. The van der Waals surface area contributed by atoms with Crippen molar-refractivity contribution in [1.82, 2.24) is 10.3 Å². The van der Waals surface area contributed by atoms with Crippen LogP contribution < -0.4 is 5.32 Å². The minimum atomic E-state index is -0.0247. The molecule has 0 radical (unpaired) electrons. The van der Waals surface area contributed by atoms with Crippen LogP contribution in [0.3, 0.4) is 0 Å². The molecule has 2 bridgehead atoms. The zero-order valence-corrected chi connectivity index (χ0v) is 21.7. The maximum Gasteiger partial charge on any atom is 0.272 e. The van der Waals surface area contributed by atoms with E-state index >= 15 is 0 Å². The van der Waals surface area contributed by atoms with E-state index in [-0.39, 0.29) is 22.8 Å². The molecule has 0 aromatic heterocycles. The van der Waals surface area contributed by atoms with Crippen LogP contribution in [0, 0.1) is 16.7 Å². The SMILES string of the molecule is C/C=C(CCC)/C(=N\N(C)Cc1ccccc1)C(=O)NC1C2(C)CCC(C2)C1(C)C.CC. The average Bonchev–Trinajstić information content (AvgIpc) is 3.26. The zero-order chi connectivity index (χ0) is 23.9. The summed E-state index contributed by atoms with van der Waals surface area (Å²) >= 11 is 0. The molecule has 178 valence electrons. The topological polar surface area (TPSA) is 44.7 Å². The third-order valence-electron chi connectivity index (χ3n) is 7.46. The summed E-state index contributed by atoms with van der Waals surface area (Å²) in [6.07, 6.45) is 7.60. The van der Waals surface area contributed by atoms with Gasteiger partial charge in [-0.15, -0.1) is 0 Å². The molecule has 1 aromatic carbocycles. The van der Waals surface area contributed by atoms with Gasteiger partial charge in [0.15, 0.2) is 5.71 Å². The Morgan fingerprint density at radius 3 is 2.41 bits per heavy atom. The summed E-state index contributed by atoms with van der Waals surface area (Å²) in [7, 11) is 1.95. The predicted octanol–water partition coefficient (Wildman–Crippen LogP) is 6.58. The molecule has 2 saturated carbocycles. The predicted molar refractivity (Wildman–Crippen MR) is 137 cm³/mol. The standard InChI is InChI=1S/C26H39N3O.C2H6/c1-7-12-20(8-2)22(28-29(6)18-19-13-10-9-11-14-19)23(30)27-24-25(3,4)21-15-16-26(24,5)17-21;1-2/h8-11,13-14,21,24H,7,12,15-18H2,1-6H3,(H,27,30);1-2H3/b20-8+,28-22+;. The van der Waals surface area contributed by atoms with Gasteiger partial charge in [0, 0.05) is 13.1 Å². The van der Waals surface area contributed by atoms with Crippen LogP contribution in [0.2, 0.25) is 0 Å². The number of allylic oxidation sites excluding steroid dienone is 1. The molecule has 4 heteroatoms. The summed E-state index contributed by atoms with van der Waals surface area (Å²) in [6, 6.07) is 10.5. The second kappa shape index (κ2) is 11.2. The highest BCUT2D eigenvalue weighted by molar-refractivity contribution is 6.45. The van der Waals surface area contributed by atoms with E-state index in [9.17, 15) is 4.79 Å². The van der Waals surface area contributed by atoms with E-state index < -0.39 is 0 Å². The largest absolute Gasteiger partial charge is 0.347 e. The lowest BCUT2D eigenvalue weighted by Crippen LogP contribution is -2.54. The number of fused-ring (bicyclic) bond motifs is 2. The highest BCUT2D eigenvalue weighted by Gasteiger charge is 2.59. The number of amides is 1. The van der Waals surface area contributed by atoms with Gasteiger partial charge in [-0.1, -0.05) is 84.4 Å². The molecule has 4 nitrogen and oxygen atoms in total. The van der Waals surface area contributed by atoms with Gasteiger partial charge in [-0.2, -0.15) is 5.10 Å². The molecule has 0 saturated heterocycles. The second-order valence-electron chi connectivity index (χ2n) is 10.1. The Morgan fingerprint density at radius 2 is 1.88 bits per heavy atom. The molecule has 0 heterocycles. The van der Waals surface area contributed by atoms with Crippen LogP contribution in [0.4, 0.5) is 0 Å². The average molecular weight is 440 g/mol. The lowest BCUT2D eigenvalue weighted by atomic mass is 9.68. The Bertz CT molecular complexity index is 806. The van der Waals surface area contributed by atoms with Crippen LogP contribution in [0.1, 0.15) is 86.1 Å².